The van der Waals surface area contributed by atoms with Gasteiger partial charge < -0.3 is 4.74 Å². The Morgan fingerprint density at radius 2 is 1.69 bits per heavy atom. The van der Waals surface area contributed by atoms with E-state index in [1.807, 2.05) is 0 Å². The van der Waals surface area contributed by atoms with E-state index in [4.69, 9.17) is 39.5 Å². The van der Waals surface area contributed by atoms with Crippen molar-refractivity contribution in [1.29, 1.82) is 0 Å². The molecule has 166 valence electrons. The predicted octanol–water partition coefficient (Wildman–Crippen LogP) is 4.25. The van der Waals surface area contributed by atoms with Crippen molar-refractivity contribution in [1.82, 2.24) is 24.5 Å². The zero-order chi connectivity index (χ0) is 22.9. The van der Waals surface area contributed by atoms with Crippen molar-refractivity contribution >= 4 is 50.5 Å². The first-order chi connectivity index (χ1) is 15.2. The molecule has 0 unspecified atom stereocenters. The van der Waals surface area contributed by atoms with Crippen molar-refractivity contribution < 1.29 is 17.5 Å². The number of hydrogen-bond acceptors (Lipinski definition) is 6. The van der Waals surface area contributed by atoms with Crippen LogP contribution in [0.1, 0.15) is 0 Å². The molecule has 0 aliphatic rings. The Labute approximate surface area is 196 Å². The van der Waals surface area contributed by atoms with Crippen LogP contribution < -0.4 is 9.46 Å². The number of sulfonamides is 1. The summed E-state index contributed by atoms with van der Waals surface area (Å²) in [5, 5.41) is 12.6. The zero-order valence-corrected chi connectivity index (χ0v) is 19.1. The van der Waals surface area contributed by atoms with Crippen LogP contribution in [0.15, 0.2) is 53.4 Å². The molecule has 0 saturated heterocycles. The molecule has 2 aromatic carbocycles. The molecule has 1 N–H and O–H groups in total. The topological polar surface area (TPSA) is 98.5 Å². The molecule has 0 aliphatic carbocycles. The smallest absolute Gasteiger partial charge is 0.242 e. The van der Waals surface area contributed by atoms with Crippen molar-refractivity contribution in [3.8, 4) is 17.3 Å². The fourth-order valence-electron chi connectivity index (χ4n) is 2.75. The number of hydrogen-bond donors (Lipinski definition) is 1. The Bertz CT molecular complexity index is 1400. The van der Waals surface area contributed by atoms with Crippen LogP contribution in [-0.4, -0.2) is 41.4 Å². The van der Waals surface area contributed by atoms with E-state index in [-0.39, 0.29) is 44.8 Å². The average Bonchev–Trinajstić information content (AvgIpc) is 3.17. The lowest BCUT2D eigenvalue weighted by Gasteiger charge is -2.10. The van der Waals surface area contributed by atoms with E-state index in [0.717, 1.165) is 0 Å². The second kappa shape index (κ2) is 9.16. The van der Waals surface area contributed by atoms with E-state index < -0.39 is 10.0 Å². The molecule has 2 aromatic heterocycles. The van der Waals surface area contributed by atoms with Gasteiger partial charge in [-0.1, -0.05) is 34.8 Å². The van der Waals surface area contributed by atoms with E-state index in [0.29, 0.717) is 17.0 Å². The third kappa shape index (κ3) is 4.79. The lowest BCUT2D eigenvalue weighted by Crippen LogP contribution is -2.28. The van der Waals surface area contributed by atoms with Crippen molar-refractivity contribution in [3.63, 3.8) is 0 Å². The van der Waals surface area contributed by atoms with E-state index >= 15 is 0 Å². The minimum absolute atomic E-state index is 0.0231. The van der Waals surface area contributed by atoms with Gasteiger partial charge in [0.25, 0.3) is 0 Å². The number of rotatable bonds is 7. The molecule has 0 saturated carbocycles. The molecule has 0 atom stereocenters. The van der Waals surface area contributed by atoms with Crippen LogP contribution in [0.25, 0.3) is 17.0 Å². The maximum absolute atomic E-state index is 13.2. The lowest BCUT2D eigenvalue weighted by atomic mass is 10.2. The molecule has 0 aliphatic heterocycles. The summed E-state index contributed by atoms with van der Waals surface area (Å²) < 4.78 is 47.5. The number of halogens is 4. The van der Waals surface area contributed by atoms with Gasteiger partial charge in [-0.2, -0.15) is 4.52 Å². The third-order valence-electron chi connectivity index (χ3n) is 4.25. The van der Waals surface area contributed by atoms with Crippen LogP contribution in [0.3, 0.4) is 0 Å². The quantitative estimate of drug-likeness (QED) is 0.291. The zero-order valence-electron chi connectivity index (χ0n) is 16.0. The molecule has 0 spiro atoms. The highest BCUT2D eigenvalue weighted by molar-refractivity contribution is 7.89. The van der Waals surface area contributed by atoms with E-state index in [1.165, 1.54) is 28.8 Å². The second-order valence-corrected chi connectivity index (χ2v) is 9.37. The van der Waals surface area contributed by atoms with Crippen molar-refractivity contribution in [2.75, 3.05) is 13.2 Å². The summed E-state index contributed by atoms with van der Waals surface area (Å²) in [5.74, 6) is 0.247. The maximum Gasteiger partial charge on any atom is 0.242 e. The monoisotopic (exact) mass is 515 g/mol. The highest BCUT2D eigenvalue weighted by Gasteiger charge is 2.19. The molecule has 0 amide bonds. The minimum Gasteiger partial charge on any atom is -0.475 e. The molecule has 8 nitrogen and oxygen atoms in total. The number of nitrogens with one attached hydrogen (secondary N) is 1. The Morgan fingerprint density at radius 1 is 0.969 bits per heavy atom. The largest absolute Gasteiger partial charge is 0.475 e. The van der Waals surface area contributed by atoms with Gasteiger partial charge in [0.1, 0.15) is 17.3 Å². The maximum atomic E-state index is 13.2. The van der Waals surface area contributed by atoms with Crippen molar-refractivity contribution in [2.24, 2.45) is 0 Å². The van der Waals surface area contributed by atoms with Gasteiger partial charge >= 0.3 is 0 Å². The van der Waals surface area contributed by atoms with Gasteiger partial charge in [0, 0.05) is 18.2 Å². The highest BCUT2D eigenvalue weighted by Crippen LogP contribution is 2.31. The molecule has 0 bridgehead atoms. The standard InChI is InChI=1S/C19H13Cl3FN5O3S/c20-13-9-15(22)16(10-14(13)21)32(29,30)24-7-8-31-18-6-5-17-25-26-19(28(17)27-18)11-1-3-12(23)4-2-11/h1-6,9-10,24H,7-8H2. The molecule has 0 fully saturated rings. The summed E-state index contributed by atoms with van der Waals surface area (Å²) in [6.45, 7) is -0.0870. The molecule has 32 heavy (non-hydrogen) atoms. The van der Waals surface area contributed by atoms with Gasteiger partial charge in [-0.05, 0) is 42.5 Å². The van der Waals surface area contributed by atoms with Gasteiger partial charge in [-0.3, -0.25) is 0 Å². The van der Waals surface area contributed by atoms with E-state index in [9.17, 15) is 12.8 Å². The molecule has 4 rings (SSSR count). The van der Waals surface area contributed by atoms with Gasteiger partial charge in [0.05, 0.1) is 15.1 Å². The first kappa shape index (κ1) is 22.7. The third-order valence-corrected chi connectivity index (χ3v) is 6.90. The van der Waals surface area contributed by atoms with Crippen molar-refractivity contribution in [2.45, 2.75) is 4.90 Å². The number of fused-ring (bicyclic) bond motifs is 1. The van der Waals surface area contributed by atoms with Gasteiger partial charge in [0.2, 0.25) is 15.9 Å². The first-order valence-corrected chi connectivity index (χ1v) is 11.6. The van der Waals surface area contributed by atoms with Crippen LogP contribution in [-0.2, 0) is 10.0 Å². The van der Waals surface area contributed by atoms with Crippen LogP contribution in [0.4, 0.5) is 4.39 Å². The first-order valence-electron chi connectivity index (χ1n) is 9.00. The number of aromatic nitrogens is 4. The predicted molar refractivity (Wildman–Crippen MR) is 118 cm³/mol. The fourth-order valence-corrected chi connectivity index (χ4v) is 4.76. The number of nitrogens with zero attached hydrogens (tertiary/aromatic N) is 4. The van der Waals surface area contributed by atoms with Crippen LogP contribution in [0.2, 0.25) is 15.1 Å². The van der Waals surface area contributed by atoms with Gasteiger partial charge in [-0.15, -0.1) is 15.3 Å². The van der Waals surface area contributed by atoms with Crippen LogP contribution >= 0.6 is 34.8 Å². The molecule has 4 aromatic rings. The molecule has 2 heterocycles. The molecule has 0 radical (unpaired) electrons. The van der Waals surface area contributed by atoms with Crippen LogP contribution in [0.5, 0.6) is 5.88 Å². The summed E-state index contributed by atoms with van der Waals surface area (Å²) in [4.78, 5) is -0.193. The molecular formula is C19H13Cl3FN5O3S. The molecule has 13 heteroatoms. The number of benzene rings is 2. The summed E-state index contributed by atoms with van der Waals surface area (Å²) in [7, 11) is -3.94. The summed E-state index contributed by atoms with van der Waals surface area (Å²) in [6, 6.07) is 11.4. The Morgan fingerprint density at radius 3 is 2.44 bits per heavy atom. The molecular weight excluding hydrogens is 504 g/mol. The Balaban J connectivity index is 1.44. The fraction of sp³-hybridized carbons (Fsp3) is 0.105. The summed E-state index contributed by atoms with van der Waals surface area (Å²) in [6.07, 6.45) is 0. The Kier molecular flexibility index (Phi) is 6.50. The number of ether oxygens (including phenoxy) is 1. The van der Waals surface area contributed by atoms with Crippen LogP contribution in [0, 0.1) is 5.82 Å². The Hall–Kier alpha value is -2.50. The minimum atomic E-state index is -3.94. The van der Waals surface area contributed by atoms with Crippen molar-refractivity contribution in [3.05, 3.63) is 69.4 Å². The normalized spacial score (nSPS) is 11.8. The SMILES string of the molecule is O=S(=O)(NCCOc1ccc2nnc(-c3ccc(F)cc3)n2n1)c1cc(Cl)c(Cl)cc1Cl. The van der Waals surface area contributed by atoms with E-state index in [2.05, 4.69) is 20.0 Å². The summed E-state index contributed by atoms with van der Waals surface area (Å²) >= 11 is 17.7. The van der Waals surface area contributed by atoms with Gasteiger partial charge in [-0.25, -0.2) is 17.5 Å². The highest BCUT2D eigenvalue weighted by atomic mass is 35.5. The average molecular weight is 517 g/mol. The summed E-state index contributed by atoms with van der Waals surface area (Å²) in [5.41, 5.74) is 1.08. The van der Waals surface area contributed by atoms with Gasteiger partial charge in [0.15, 0.2) is 11.5 Å². The van der Waals surface area contributed by atoms with E-state index in [1.54, 1.807) is 24.3 Å². The second-order valence-electron chi connectivity index (χ2n) is 6.42. The lowest BCUT2D eigenvalue weighted by molar-refractivity contribution is 0.306.